The molecule has 0 aliphatic carbocycles. The molecule has 0 saturated carbocycles. The molecule has 0 fully saturated rings. The Hall–Kier alpha value is -1.06. The second-order valence-corrected chi connectivity index (χ2v) is 6.02. The van der Waals surface area contributed by atoms with E-state index in [0.717, 1.165) is 19.3 Å². The molecule has 4 heteroatoms. The molecule has 0 rings (SSSR count). The molecule has 4 nitrogen and oxygen atoms in total. The summed E-state index contributed by atoms with van der Waals surface area (Å²) in [7, 11) is 1.76. The molecule has 1 atom stereocenters. The molecular formula is C15H29NO3. The van der Waals surface area contributed by atoms with Gasteiger partial charge in [-0.15, -0.1) is 0 Å². The van der Waals surface area contributed by atoms with E-state index < -0.39 is 17.3 Å². The minimum Gasteiger partial charge on any atom is -0.465 e. The predicted molar refractivity (Wildman–Crippen MR) is 76.7 cm³/mol. The van der Waals surface area contributed by atoms with E-state index in [9.17, 15) is 9.59 Å². The van der Waals surface area contributed by atoms with Crippen LogP contribution in [0.25, 0.3) is 0 Å². The van der Waals surface area contributed by atoms with E-state index in [1.54, 1.807) is 18.9 Å². The SMILES string of the molecule is CCCCCN(C)C(=O)C(C(=O)OCC)C(C)(C)C. The largest absolute Gasteiger partial charge is 0.465 e. The molecule has 0 aromatic carbocycles. The first kappa shape index (κ1) is 17.9. The topological polar surface area (TPSA) is 46.6 Å². The molecule has 0 radical (unpaired) electrons. The van der Waals surface area contributed by atoms with Crippen LogP contribution in [0.3, 0.4) is 0 Å². The molecule has 0 bridgehead atoms. The summed E-state index contributed by atoms with van der Waals surface area (Å²) in [5, 5.41) is 0. The third kappa shape index (κ3) is 6.08. The van der Waals surface area contributed by atoms with E-state index in [2.05, 4.69) is 6.92 Å². The summed E-state index contributed by atoms with van der Waals surface area (Å²) >= 11 is 0. The van der Waals surface area contributed by atoms with Crippen molar-refractivity contribution in [3.63, 3.8) is 0 Å². The van der Waals surface area contributed by atoms with Crippen LogP contribution in [-0.2, 0) is 14.3 Å². The monoisotopic (exact) mass is 271 g/mol. The number of hydrogen-bond donors (Lipinski definition) is 0. The molecule has 1 unspecified atom stereocenters. The number of carbonyl (C=O) groups excluding carboxylic acids is 2. The summed E-state index contributed by atoms with van der Waals surface area (Å²) in [4.78, 5) is 26.1. The Morgan fingerprint density at radius 3 is 2.16 bits per heavy atom. The van der Waals surface area contributed by atoms with Crippen LogP contribution < -0.4 is 0 Å². The van der Waals surface area contributed by atoms with Crippen molar-refractivity contribution in [3.05, 3.63) is 0 Å². The number of amides is 1. The smallest absolute Gasteiger partial charge is 0.319 e. The maximum absolute atomic E-state index is 12.4. The van der Waals surface area contributed by atoms with Gasteiger partial charge in [0, 0.05) is 13.6 Å². The number of nitrogens with zero attached hydrogens (tertiary/aromatic N) is 1. The highest BCUT2D eigenvalue weighted by atomic mass is 16.5. The molecule has 0 aliphatic heterocycles. The van der Waals surface area contributed by atoms with Crippen LogP contribution in [-0.4, -0.2) is 37.0 Å². The van der Waals surface area contributed by atoms with Crippen molar-refractivity contribution in [2.45, 2.75) is 53.9 Å². The number of hydrogen-bond acceptors (Lipinski definition) is 3. The Bertz CT molecular complexity index is 294. The van der Waals surface area contributed by atoms with Gasteiger partial charge in [-0.3, -0.25) is 9.59 Å². The fraction of sp³-hybridized carbons (Fsp3) is 0.867. The van der Waals surface area contributed by atoms with Crippen LogP contribution in [0.1, 0.15) is 53.9 Å². The first-order chi connectivity index (χ1) is 8.75. The van der Waals surface area contributed by atoms with Crippen LogP contribution in [0.5, 0.6) is 0 Å². The van der Waals surface area contributed by atoms with E-state index in [1.807, 2.05) is 20.8 Å². The maximum Gasteiger partial charge on any atom is 0.319 e. The molecule has 0 saturated heterocycles. The number of esters is 1. The summed E-state index contributed by atoms with van der Waals surface area (Å²) in [6.07, 6.45) is 3.18. The van der Waals surface area contributed by atoms with Gasteiger partial charge < -0.3 is 9.64 Å². The number of unbranched alkanes of at least 4 members (excludes halogenated alkanes) is 2. The first-order valence-electron chi connectivity index (χ1n) is 7.17. The molecule has 19 heavy (non-hydrogen) atoms. The van der Waals surface area contributed by atoms with Gasteiger partial charge in [0.15, 0.2) is 0 Å². The third-order valence-electron chi connectivity index (χ3n) is 3.11. The Labute approximate surface area is 117 Å². The Morgan fingerprint density at radius 2 is 1.74 bits per heavy atom. The molecule has 1 amide bonds. The summed E-state index contributed by atoms with van der Waals surface area (Å²) in [6.45, 7) is 10.6. The van der Waals surface area contributed by atoms with E-state index in [1.165, 1.54) is 0 Å². The molecule has 0 aliphatic rings. The number of rotatable bonds is 7. The van der Waals surface area contributed by atoms with Crippen molar-refractivity contribution < 1.29 is 14.3 Å². The van der Waals surface area contributed by atoms with Gasteiger partial charge >= 0.3 is 5.97 Å². The fourth-order valence-corrected chi connectivity index (χ4v) is 1.98. The van der Waals surface area contributed by atoms with Crippen LogP contribution in [0.4, 0.5) is 0 Å². The summed E-state index contributed by atoms with van der Waals surface area (Å²) < 4.78 is 5.04. The molecule has 0 spiro atoms. The number of carbonyl (C=O) groups is 2. The van der Waals surface area contributed by atoms with Crippen molar-refractivity contribution in [2.24, 2.45) is 11.3 Å². The van der Waals surface area contributed by atoms with Gasteiger partial charge in [0.2, 0.25) is 5.91 Å². The predicted octanol–water partition coefficient (Wildman–Crippen LogP) is 2.86. The lowest BCUT2D eigenvalue weighted by Gasteiger charge is -2.31. The third-order valence-corrected chi connectivity index (χ3v) is 3.11. The zero-order chi connectivity index (χ0) is 15.1. The summed E-state index contributed by atoms with van der Waals surface area (Å²) in [5.41, 5.74) is -0.428. The zero-order valence-electron chi connectivity index (χ0n) is 13.3. The Kier molecular flexibility index (Phi) is 7.72. The minimum atomic E-state index is -0.723. The molecule has 0 heterocycles. The molecular weight excluding hydrogens is 242 g/mol. The van der Waals surface area contributed by atoms with E-state index in [0.29, 0.717) is 13.2 Å². The van der Waals surface area contributed by atoms with Crippen molar-refractivity contribution in [1.82, 2.24) is 4.90 Å². The van der Waals surface area contributed by atoms with Gasteiger partial charge in [-0.2, -0.15) is 0 Å². The average molecular weight is 271 g/mol. The highest BCUT2D eigenvalue weighted by Gasteiger charge is 2.40. The molecule has 0 aromatic heterocycles. The second-order valence-electron chi connectivity index (χ2n) is 6.02. The van der Waals surface area contributed by atoms with Gasteiger partial charge in [0.1, 0.15) is 5.92 Å². The first-order valence-corrected chi connectivity index (χ1v) is 7.17. The standard InChI is InChI=1S/C15H29NO3/c1-7-9-10-11-16(6)13(17)12(15(3,4)5)14(18)19-8-2/h12H,7-11H2,1-6H3. The normalized spacial score (nSPS) is 12.9. The summed E-state index contributed by atoms with van der Waals surface area (Å²) in [5.74, 6) is -1.27. The Balaban J connectivity index is 4.77. The second kappa shape index (κ2) is 8.18. The highest BCUT2D eigenvalue weighted by molar-refractivity contribution is 5.98. The van der Waals surface area contributed by atoms with Gasteiger partial charge in [-0.05, 0) is 18.8 Å². The highest BCUT2D eigenvalue weighted by Crippen LogP contribution is 2.28. The minimum absolute atomic E-state index is 0.137. The molecule has 0 N–H and O–H groups in total. The lowest BCUT2D eigenvalue weighted by Crippen LogP contribution is -2.44. The maximum atomic E-state index is 12.4. The average Bonchev–Trinajstić information content (AvgIpc) is 2.27. The van der Waals surface area contributed by atoms with Crippen molar-refractivity contribution >= 4 is 11.9 Å². The van der Waals surface area contributed by atoms with Gasteiger partial charge in [0.05, 0.1) is 6.61 Å². The quantitative estimate of drug-likeness (QED) is 0.406. The van der Waals surface area contributed by atoms with Crippen LogP contribution in [0.2, 0.25) is 0 Å². The lowest BCUT2D eigenvalue weighted by molar-refractivity contribution is -0.160. The van der Waals surface area contributed by atoms with E-state index in [-0.39, 0.29) is 5.91 Å². The fourth-order valence-electron chi connectivity index (χ4n) is 1.98. The van der Waals surface area contributed by atoms with Crippen LogP contribution >= 0.6 is 0 Å². The van der Waals surface area contributed by atoms with Crippen LogP contribution in [0, 0.1) is 11.3 Å². The van der Waals surface area contributed by atoms with Crippen molar-refractivity contribution in [2.75, 3.05) is 20.2 Å². The molecule has 0 aromatic rings. The zero-order valence-corrected chi connectivity index (χ0v) is 13.3. The van der Waals surface area contributed by atoms with Gasteiger partial charge in [-0.25, -0.2) is 0 Å². The Morgan fingerprint density at radius 1 is 1.16 bits per heavy atom. The van der Waals surface area contributed by atoms with E-state index in [4.69, 9.17) is 4.74 Å². The molecule has 112 valence electrons. The van der Waals surface area contributed by atoms with Crippen molar-refractivity contribution in [1.29, 1.82) is 0 Å². The van der Waals surface area contributed by atoms with Gasteiger partial charge in [0.25, 0.3) is 0 Å². The van der Waals surface area contributed by atoms with Crippen LogP contribution in [0.15, 0.2) is 0 Å². The number of ether oxygens (including phenoxy) is 1. The van der Waals surface area contributed by atoms with E-state index >= 15 is 0 Å². The van der Waals surface area contributed by atoms with Gasteiger partial charge in [-0.1, -0.05) is 40.5 Å². The lowest BCUT2D eigenvalue weighted by atomic mass is 9.79. The summed E-state index contributed by atoms with van der Waals surface area (Å²) in [6, 6.07) is 0. The van der Waals surface area contributed by atoms with Crippen molar-refractivity contribution in [3.8, 4) is 0 Å².